The molecule has 0 atom stereocenters. The largest absolute Gasteiger partial charge is 0.785 e. The van der Waals surface area contributed by atoms with Gasteiger partial charge in [0.15, 0.2) is 0 Å². The van der Waals surface area contributed by atoms with Crippen LogP contribution in [0.1, 0.15) is 27.2 Å². The molecule has 0 unspecified atom stereocenters. The van der Waals surface area contributed by atoms with E-state index < -0.39 is 0 Å². The lowest BCUT2D eigenvalue weighted by atomic mass is 10.0. The fourth-order valence-corrected chi connectivity index (χ4v) is 0.223. The zero-order valence-corrected chi connectivity index (χ0v) is 6.06. The zero-order valence-electron chi connectivity index (χ0n) is 6.06. The van der Waals surface area contributed by atoms with Gasteiger partial charge in [-0.3, -0.25) is 0 Å². The summed E-state index contributed by atoms with van der Waals surface area (Å²) in [5.41, 5.74) is -0.181. The third-order valence-corrected chi connectivity index (χ3v) is 1.72. The maximum absolute atomic E-state index is 10.6. The lowest BCUT2D eigenvalue weighted by Crippen LogP contribution is -2.35. The van der Waals surface area contributed by atoms with Gasteiger partial charge in [0.2, 0.25) is 0 Å². The molecule has 0 radical (unpaired) electrons. The molecule has 0 spiro atoms. The van der Waals surface area contributed by atoms with E-state index in [0.717, 1.165) is 11.5 Å². The monoisotopic (exact) mass is 116 g/mol. The molecule has 0 saturated carbocycles. The molecule has 0 heterocycles. The number of rotatable bonds is 2. The SMILES string of the molecule is CCC(C)(C)N(C)[O-]. The van der Waals surface area contributed by atoms with Gasteiger partial charge in [0, 0.05) is 5.54 Å². The normalized spacial score (nSPS) is 12.8. The van der Waals surface area contributed by atoms with Crippen molar-refractivity contribution in [3.8, 4) is 0 Å². The molecule has 0 fully saturated rings. The molecule has 0 aromatic carbocycles. The van der Waals surface area contributed by atoms with Crippen LogP contribution in [0, 0.1) is 5.21 Å². The minimum Gasteiger partial charge on any atom is -0.785 e. The van der Waals surface area contributed by atoms with Crippen molar-refractivity contribution in [1.82, 2.24) is 5.06 Å². The third kappa shape index (κ3) is 1.80. The summed E-state index contributed by atoms with van der Waals surface area (Å²) in [6, 6.07) is 0. The summed E-state index contributed by atoms with van der Waals surface area (Å²) in [5.74, 6) is 0. The van der Waals surface area contributed by atoms with Crippen molar-refractivity contribution in [3.05, 3.63) is 5.21 Å². The lowest BCUT2D eigenvalue weighted by molar-refractivity contribution is 0.218. The van der Waals surface area contributed by atoms with Crippen LogP contribution in [-0.2, 0) is 0 Å². The Hall–Kier alpha value is -0.0800. The van der Waals surface area contributed by atoms with Crippen LogP contribution in [0.15, 0.2) is 0 Å². The van der Waals surface area contributed by atoms with Gasteiger partial charge in [0.1, 0.15) is 0 Å². The fraction of sp³-hybridized carbons (Fsp3) is 1.00. The molecule has 0 N–H and O–H groups in total. The average Bonchev–Trinajstić information content (AvgIpc) is 1.67. The summed E-state index contributed by atoms with van der Waals surface area (Å²) in [6.07, 6.45) is 0.896. The molecule has 0 rings (SSSR count). The topological polar surface area (TPSA) is 26.3 Å². The van der Waals surface area contributed by atoms with Gasteiger partial charge in [-0.2, -0.15) is 0 Å². The van der Waals surface area contributed by atoms with Crippen LogP contribution in [-0.4, -0.2) is 17.6 Å². The summed E-state index contributed by atoms with van der Waals surface area (Å²) >= 11 is 0. The number of nitrogens with zero attached hydrogens (tertiary/aromatic N) is 1. The Bertz CT molecular complexity index is 68.9. The van der Waals surface area contributed by atoms with E-state index in [0.29, 0.717) is 0 Å². The van der Waals surface area contributed by atoms with Crippen LogP contribution in [0.5, 0.6) is 0 Å². The summed E-state index contributed by atoms with van der Waals surface area (Å²) in [5, 5.41) is 11.6. The van der Waals surface area contributed by atoms with Gasteiger partial charge >= 0.3 is 0 Å². The average molecular weight is 116 g/mol. The highest BCUT2D eigenvalue weighted by Gasteiger charge is 2.12. The van der Waals surface area contributed by atoms with Gasteiger partial charge < -0.3 is 10.3 Å². The summed E-state index contributed by atoms with van der Waals surface area (Å²) in [6.45, 7) is 5.87. The predicted octanol–water partition coefficient (Wildman–Crippen LogP) is 1.60. The lowest BCUT2D eigenvalue weighted by Gasteiger charge is -2.40. The van der Waals surface area contributed by atoms with E-state index in [2.05, 4.69) is 0 Å². The van der Waals surface area contributed by atoms with Gasteiger partial charge in [-0.1, -0.05) is 6.92 Å². The molecule has 0 aliphatic carbocycles. The first-order valence-electron chi connectivity index (χ1n) is 2.91. The van der Waals surface area contributed by atoms with Crippen LogP contribution in [0.2, 0.25) is 0 Å². The van der Waals surface area contributed by atoms with Crippen LogP contribution in [0.25, 0.3) is 0 Å². The van der Waals surface area contributed by atoms with E-state index in [1.807, 2.05) is 20.8 Å². The zero-order chi connectivity index (χ0) is 6.78. The van der Waals surface area contributed by atoms with Crippen molar-refractivity contribution >= 4 is 0 Å². The van der Waals surface area contributed by atoms with Crippen LogP contribution < -0.4 is 0 Å². The first kappa shape index (κ1) is 7.92. The van der Waals surface area contributed by atoms with Gasteiger partial charge in [0.25, 0.3) is 0 Å². The van der Waals surface area contributed by atoms with Gasteiger partial charge in [-0.15, -0.1) is 0 Å². The van der Waals surface area contributed by atoms with E-state index in [9.17, 15) is 5.21 Å². The minimum absolute atomic E-state index is 0.181. The summed E-state index contributed by atoms with van der Waals surface area (Å²) in [4.78, 5) is 0. The molecule has 2 heteroatoms. The highest BCUT2D eigenvalue weighted by Crippen LogP contribution is 2.13. The maximum Gasteiger partial charge on any atom is 0.00283 e. The molecule has 0 aliphatic heterocycles. The van der Waals surface area contributed by atoms with Gasteiger partial charge in [-0.25, -0.2) is 0 Å². The second-order valence-corrected chi connectivity index (χ2v) is 2.66. The second-order valence-electron chi connectivity index (χ2n) is 2.66. The van der Waals surface area contributed by atoms with E-state index in [1.165, 1.54) is 0 Å². The van der Waals surface area contributed by atoms with Gasteiger partial charge in [0.05, 0.1) is 0 Å². The van der Waals surface area contributed by atoms with Crippen LogP contribution in [0.4, 0.5) is 0 Å². The molecule has 0 aliphatic rings. The first-order chi connectivity index (χ1) is 3.50. The molecule has 8 heavy (non-hydrogen) atoms. The van der Waals surface area contributed by atoms with Crippen molar-refractivity contribution < 1.29 is 0 Å². The Kier molecular flexibility index (Phi) is 2.44. The van der Waals surface area contributed by atoms with E-state index in [4.69, 9.17) is 0 Å². The highest BCUT2D eigenvalue weighted by atomic mass is 16.5. The number of hydrogen-bond acceptors (Lipinski definition) is 2. The number of hydroxylamine groups is 2. The molecular formula is C6H14NO-. The smallest absolute Gasteiger partial charge is 0.00283 e. The molecular weight excluding hydrogens is 102 g/mol. The Morgan fingerprint density at radius 2 is 1.88 bits per heavy atom. The molecule has 0 bridgehead atoms. The Morgan fingerprint density at radius 1 is 1.50 bits per heavy atom. The van der Waals surface area contributed by atoms with Crippen molar-refractivity contribution in [3.63, 3.8) is 0 Å². The van der Waals surface area contributed by atoms with Crippen LogP contribution >= 0.6 is 0 Å². The predicted molar refractivity (Wildman–Crippen MR) is 35.5 cm³/mol. The van der Waals surface area contributed by atoms with Crippen molar-refractivity contribution in [1.29, 1.82) is 0 Å². The molecule has 0 saturated heterocycles. The van der Waals surface area contributed by atoms with Crippen LogP contribution in [0.3, 0.4) is 0 Å². The van der Waals surface area contributed by atoms with Crippen molar-refractivity contribution in [2.24, 2.45) is 0 Å². The Balaban J connectivity index is 3.71. The van der Waals surface area contributed by atoms with Crippen molar-refractivity contribution in [2.45, 2.75) is 32.7 Å². The molecule has 50 valence electrons. The summed E-state index contributed by atoms with van der Waals surface area (Å²) < 4.78 is 0. The third-order valence-electron chi connectivity index (χ3n) is 1.72. The second kappa shape index (κ2) is 2.46. The quantitative estimate of drug-likeness (QED) is 0.512. The van der Waals surface area contributed by atoms with E-state index in [1.54, 1.807) is 7.05 Å². The fourth-order valence-electron chi connectivity index (χ4n) is 0.223. The van der Waals surface area contributed by atoms with Gasteiger partial charge in [-0.05, 0) is 27.3 Å². The standard InChI is InChI=1S/C6H14NO/c1-5-6(2,3)7(4)8/h5H2,1-4H3/q-1. The Morgan fingerprint density at radius 3 is 1.88 bits per heavy atom. The molecule has 0 aromatic rings. The van der Waals surface area contributed by atoms with Crippen molar-refractivity contribution in [2.75, 3.05) is 7.05 Å². The van der Waals surface area contributed by atoms with E-state index >= 15 is 0 Å². The minimum atomic E-state index is -0.181. The number of hydrogen-bond donors (Lipinski definition) is 0. The maximum atomic E-state index is 10.6. The molecule has 2 nitrogen and oxygen atoms in total. The molecule has 0 aromatic heterocycles. The Labute approximate surface area is 51.1 Å². The van der Waals surface area contributed by atoms with E-state index in [-0.39, 0.29) is 5.54 Å². The first-order valence-corrected chi connectivity index (χ1v) is 2.91. The summed E-state index contributed by atoms with van der Waals surface area (Å²) in [7, 11) is 1.56. The molecule has 0 amide bonds. The highest BCUT2D eigenvalue weighted by molar-refractivity contribution is 4.76.